The van der Waals surface area contributed by atoms with E-state index in [0.717, 1.165) is 22.3 Å². The summed E-state index contributed by atoms with van der Waals surface area (Å²) in [5.74, 6) is 0.172. The van der Waals surface area contributed by atoms with E-state index in [1.807, 2.05) is 66.7 Å². The molecule has 1 heterocycles. The number of para-hydroxylation sites is 1. The highest BCUT2D eigenvalue weighted by Gasteiger charge is 2.20. The van der Waals surface area contributed by atoms with Crippen LogP contribution in [0.15, 0.2) is 91.0 Å². The fraction of sp³-hybridized carbons (Fsp3) is 0.0714. The third kappa shape index (κ3) is 4.39. The SMILES string of the molecule is NC(=O)c1cccc2c1c1c(OCC(=O)O)cccc1n2Cc1cccc(Oc2ccccc2)c1. The number of nitrogens with two attached hydrogens (primary N) is 1. The molecular formula is C28H22N2O5. The molecule has 0 saturated carbocycles. The number of rotatable bonds is 8. The molecule has 0 saturated heterocycles. The van der Waals surface area contributed by atoms with E-state index in [1.54, 1.807) is 24.3 Å². The van der Waals surface area contributed by atoms with Gasteiger partial charge in [-0.15, -0.1) is 0 Å². The number of hydrogen-bond acceptors (Lipinski definition) is 4. The molecule has 0 bridgehead atoms. The minimum atomic E-state index is -1.09. The predicted molar refractivity (Wildman–Crippen MR) is 133 cm³/mol. The number of carbonyl (C=O) groups excluding carboxylic acids is 1. The fourth-order valence-electron chi connectivity index (χ4n) is 4.30. The van der Waals surface area contributed by atoms with Crippen LogP contribution in [0.5, 0.6) is 17.2 Å². The molecule has 0 unspecified atom stereocenters. The number of aliphatic carboxylic acids is 1. The van der Waals surface area contributed by atoms with Gasteiger partial charge in [-0.3, -0.25) is 4.79 Å². The second-order valence-electron chi connectivity index (χ2n) is 8.05. The first kappa shape index (κ1) is 22.0. The van der Waals surface area contributed by atoms with Crippen LogP contribution in [-0.4, -0.2) is 28.2 Å². The zero-order chi connectivity index (χ0) is 24.4. The Labute approximate surface area is 200 Å². The largest absolute Gasteiger partial charge is 0.481 e. The van der Waals surface area contributed by atoms with Crippen LogP contribution in [0, 0.1) is 0 Å². The molecule has 3 N–H and O–H groups in total. The third-order valence-corrected chi connectivity index (χ3v) is 5.71. The van der Waals surface area contributed by atoms with Crippen molar-refractivity contribution in [1.29, 1.82) is 0 Å². The van der Waals surface area contributed by atoms with Gasteiger partial charge in [0.15, 0.2) is 6.61 Å². The van der Waals surface area contributed by atoms with Crippen molar-refractivity contribution in [3.63, 3.8) is 0 Å². The number of primary amides is 1. The van der Waals surface area contributed by atoms with Crippen LogP contribution in [0.1, 0.15) is 15.9 Å². The average Bonchev–Trinajstić information content (AvgIpc) is 3.17. The van der Waals surface area contributed by atoms with E-state index in [2.05, 4.69) is 4.57 Å². The van der Waals surface area contributed by atoms with Crippen molar-refractivity contribution in [3.05, 3.63) is 102 Å². The summed E-state index contributed by atoms with van der Waals surface area (Å²) >= 11 is 0. The summed E-state index contributed by atoms with van der Waals surface area (Å²) < 4.78 is 13.6. The van der Waals surface area contributed by atoms with Crippen LogP contribution >= 0.6 is 0 Å². The number of fused-ring (bicyclic) bond motifs is 3. The minimum Gasteiger partial charge on any atom is -0.481 e. The molecule has 5 rings (SSSR count). The van der Waals surface area contributed by atoms with Crippen molar-refractivity contribution in [2.24, 2.45) is 5.73 Å². The molecule has 0 aliphatic carbocycles. The van der Waals surface area contributed by atoms with Crippen LogP contribution < -0.4 is 15.2 Å². The fourth-order valence-corrected chi connectivity index (χ4v) is 4.30. The van der Waals surface area contributed by atoms with E-state index in [0.29, 0.717) is 34.4 Å². The highest BCUT2D eigenvalue weighted by molar-refractivity contribution is 6.19. The molecule has 5 aromatic rings. The van der Waals surface area contributed by atoms with Crippen molar-refractivity contribution in [1.82, 2.24) is 4.57 Å². The maximum atomic E-state index is 12.3. The highest BCUT2D eigenvalue weighted by Crippen LogP contribution is 2.38. The second-order valence-corrected chi connectivity index (χ2v) is 8.05. The van der Waals surface area contributed by atoms with Crippen LogP contribution in [0.2, 0.25) is 0 Å². The first-order valence-corrected chi connectivity index (χ1v) is 11.0. The number of hydrogen-bond donors (Lipinski definition) is 2. The van der Waals surface area contributed by atoms with Crippen molar-refractivity contribution >= 4 is 33.7 Å². The molecule has 0 fully saturated rings. The van der Waals surface area contributed by atoms with E-state index in [1.165, 1.54) is 0 Å². The average molecular weight is 466 g/mol. The lowest BCUT2D eigenvalue weighted by Crippen LogP contribution is -2.11. The Balaban J connectivity index is 1.63. The lowest BCUT2D eigenvalue weighted by atomic mass is 10.1. The minimum absolute atomic E-state index is 0.346. The Bertz CT molecular complexity index is 1560. The summed E-state index contributed by atoms with van der Waals surface area (Å²) in [6.45, 7) is -0.0139. The molecule has 1 amide bonds. The molecule has 4 aromatic carbocycles. The maximum Gasteiger partial charge on any atom is 0.341 e. The van der Waals surface area contributed by atoms with Crippen LogP contribution in [0.25, 0.3) is 21.8 Å². The summed E-state index contributed by atoms with van der Waals surface area (Å²) in [4.78, 5) is 23.4. The summed E-state index contributed by atoms with van der Waals surface area (Å²) in [7, 11) is 0. The van der Waals surface area contributed by atoms with Gasteiger partial charge in [-0.2, -0.15) is 0 Å². The highest BCUT2D eigenvalue weighted by atomic mass is 16.5. The van der Waals surface area contributed by atoms with Gasteiger partial charge < -0.3 is 24.9 Å². The van der Waals surface area contributed by atoms with Crippen LogP contribution in [-0.2, 0) is 11.3 Å². The van der Waals surface area contributed by atoms with Gasteiger partial charge in [0.1, 0.15) is 17.2 Å². The molecule has 35 heavy (non-hydrogen) atoms. The Morgan fingerprint density at radius 2 is 1.49 bits per heavy atom. The van der Waals surface area contributed by atoms with E-state index in [4.69, 9.17) is 20.3 Å². The molecule has 0 aliphatic rings. The molecule has 0 radical (unpaired) electrons. The molecule has 7 heteroatoms. The number of ether oxygens (including phenoxy) is 2. The summed E-state index contributed by atoms with van der Waals surface area (Å²) in [6, 6.07) is 28.1. The van der Waals surface area contributed by atoms with Gasteiger partial charge in [0.25, 0.3) is 0 Å². The van der Waals surface area contributed by atoms with Gasteiger partial charge in [0.05, 0.1) is 16.4 Å². The normalized spacial score (nSPS) is 11.0. The first-order chi connectivity index (χ1) is 17.0. The van der Waals surface area contributed by atoms with Crippen molar-refractivity contribution in [3.8, 4) is 17.2 Å². The van der Waals surface area contributed by atoms with E-state index in [9.17, 15) is 9.59 Å². The van der Waals surface area contributed by atoms with Crippen molar-refractivity contribution in [2.45, 2.75) is 6.54 Å². The van der Waals surface area contributed by atoms with Gasteiger partial charge >= 0.3 is 5.97 Å². The molecular weight excluding hydrogens is 444 g/mol. The number of carbonyl (C=O) groups is 2. The van der Waals surface area contributed by atoms with Crippen molar-refractivity contribution in [2.75, 3.05) is 6.61 Å². The Kier molecular flexibility index (Phi) is 5.81. The zero-order valence-electron chi connectivity index (χ0n) is 18.7. The monoisotopic (exact) mass is 466 g/mol. The van der Waals surface area contributed by atoms with Crippen LogP contribution in [0.4, 0.5) is 0 Å². The maximum absolute atomic E-state index is 12.3. The van der Waals surface area contributed by atoms with Gasteiger partial charge in [0, 0.05) is 17.5 Å². The first-order valence-electron chi connectivity index (χ1n) is 11.0. The number of aromatic nitrogens is 1. The Morgan fingerprint density at radius 1 is 0.800 bits per heavy atom. The molecule has 0 atom stereocenters. The number of nitrogens with zero attached hydrogens (tertiary/aromatic N) is 1. The number of benzene rings is 4. The molecule has 0 aliphatic heterocycles. The number of carboxylic acid groups (broad SMARTS) is 1. The Morgan fingerprint density at radius 3 is 2.23 bits per heavy atom. The summed E-state index contributed by atoms with van der Waals surface area (Å²) in [5, 5.41) is 10.4. The number of carboxylic acids is 1. The molecule has 0 spiro atoms. The van der Waals surface area contributed by atoms with Gasteiger partial charge in [-0.05, 0) is 54.1 Å². The lowest BCUT2D eigenvalue weighted by Gasteiger charge is -2.11. The number of amides is 1. The summed E-state index contributed by atoms with van der Waals surface area (Å²) in [6.07, 6.45) is 0. The van der Waals surface area contributed by atoms with Crippen LogP contribution in [0.3, 0.4) is 0 Å². The van der Waals surface area contributed by atoms with Crippen molar-refractivity contribution < 1.29 is 24.2 Å². The predicted octanol–water partition coefficient (Wildman–Crippen LogP) is 5.20. The molecule has 174 valence electrons. The third-order valence-electron chi connectivity index (χ3n) is 5.71. The Hall–Kier alpha value is -4.78. The van der Waals surface area contributed by atoms with Gasteiger partial charge in [-0.25, -0.2) is 4.79 Å². The van der Waals surface area contributed by atoms with E-state index >= 15 is 0 Å². The zero-order valence-corrected chi connectivity index (χ0v) is 18.7. The topological polar surface area (TPSA) is 104 Å². The molecule has 1 aromatic heterocycles. The van der Waals surface area contributed by atoms with E-state index in [-0.39, 0.29) is 0 Å². The van der Waals surface area contributed by atoms with Gasteiger partial charge in [-0.1, -0.05) is 42.5 Å². The second kappa shape index (κ2) is 9.23. The van der Waals surface area contributed by atoms with E-state index < -0.39 is 18.5 Å². The molecule has 7 nitrogen and oxygen atoms in total. The quantitative estimate of drug-likeness (QED) is 0.327. The van der Waals surface area contributed by atoms with Gasteiger partial charge in [0.2, 0.25) is 5.91 Å². The lowest BCUT2D eigenvalue weighted by molar-refractivity contribution is -0.139. The smallest absolute Gasteiger partial charge is 0.341 e. The standard InChI is InChI=1S/C28H22N2O5/c29-28(33)21-11-5-12-22-26(21)27-23(13-6-14-24(27)34-17-25(31)32)30(22)16-18-7-4-10-20(15-18)35-19-8-2-1-3-9-19/h1-15H,16-17H2,(H2,29,33)(H,31,32). The summed E-state index contributed by atoms with van der Waals surface area (Å²) in [5.41, 5.74) is 8.62.